The molecule has 2 rings (SSSR count). The van der Waals surface area contributed by atoms with Gasteiger partial charge in [-0.05, 0) is 42.8 Å². The summed E-state index contributed by atoms with van der Waals surface area (Å²) in [6.45, 7) is 6.21. The molecule has 5 heteroatoms. The second-order valence-electron chi connectivity index (χ2n) is 4.40. The van der Waals surface area contributed by atoms with Gasteiger partial charge in [0.05, 0.1) is 10.9 Å². The molecule has 0 aliphatic rings. The predicted octanol–water partition coefficient (Wildman–Crippen LogP) is 3.60. The number of hydrogen-bond acceptors (Lipinski definition) is 2. The fourth-order valence-corrected chi connectivity index (χ4v) is 1.96. The largest absolute Gasteiger partial charge is 0.240 e. The Balaban J connectivity index is 2.79. The second kappa shape index (κ2) is 3.46. The average Bonchev–Trinajstić information content (AvgIpc) is 2.43. The van der Waals surface area contributed by atoms with Crippen LogP contribution in [-0.2, 0) is 5.54 Å². The molecule has 2 aromatic rings. The van der Waals surface area contributed by atoms with Crippen LogP contribution >= 0.6 is 27.5 Å². The Morgan fingerprint density at radius 3 is 2.67 bits per heavy atom. The lowest BCUT2D eigenvalue weighted by molar-refractivity contribution is 0.366. The molecule has 0 amide bonds. The van der Waals surface area contributed by atoms with Gasteiger partial charge in [-0.1, -0.05) is 11.6 Å². The summed E-state index contributed by atoms with van der Waals surface area (Å²) in [5, 5.41) is 5.67. The molecular weight excluding hydrogens is 277 g/mol. The van der Waals surface area contributed by atoms with Crippen molar-refractivity contribution in [3.8, 4) is 0 Å². The number of hydrogen-bond donors (Lipinski definition) is 0. The topological polar surface area (TPSA) is 30.7 Å². The van der Waals surface area contributed by atoms with Crippen LogP contribution in [0.5, 0.6) is 0 Å². The Hall–Kier alpha value is -0.610. The van der Waals surface area contributed by atoms with E-state index in [4.69, 9.17) is 11.6 Å². The van der Waals surface area contributed by atoms with E-state index in [1.54, 1.807) is 6.20 Å². The van der Waals surface area contributed by atoms with Crippen LogP contribution in [0, 0.1) is 0 Å². The number of aromatic nitrogens is 3. The lowest BCUT2D eigenvalue weighted by Crippen LogP contribution is -2.23. The standard InChI is InChI=1S/C10H11BrClN3/c1-10(2,3)15-9-7(8(12)14-15)4-6(11)5-13-9/h4-5H,1-3H3. The fourth-order valence-electron chi connectivity index (χ4n) is 1.41. The van der Waals surface area contributed by atoms with E-state index in [0.717, 1.165) is 15.5 Å². The summed E-state index contributed by atoms with van der Waals surface area (Å²) >= 11 is 9.43. The minimum Gasteiger partial charge on any atom is -0.240 e. The summed E-state index contributed by atoms with van der Waals surface area (Å²) in [5.41, 5.74) is 0.697. The van der Waals surface area contributed by atoms with Gasteiger partial charge in [0.2, 0.25) is 0 Å². The Morgan fingerprint density at radius 2 is 2.07 bits per heavy atom. The minimum atomic E-state index is -0.119. The first-order valence-corrected chi connectivity index (χ1v) is 5.77. The predicted molar refractivity (Wildman–Crippen MR) is 65.2 cm³/mol. The highest BCUT2D eigenvalue weighted by Gasteiger charge is 2.20. The SMILES string of the molecule is CC(C)(C)n1nc(Cl)c2cc(Br)cnc21. The summed E-state index contributed by atoms with van der Waals surface area (Å²) in [6.07, 6.45) is 1.75. The van der Waals surface area contributed by atoms with Crippen LogP contribution in [0.4, 0.5) is 0 Å². The van der Waals surface area contributed by atoms with Gasteiger partial charge in [0.25, 0.3) is 0 Å². The van der Waals surface area contributed by atoms with Crippen LogP contribution in [0.15, 0.2) is 16.7 Å². The smallest absolute Gasteiger partial charge is 0.160 e. The fraction of sp³-hybridized carbons (Fsp3) is 0.400. The van der Waals surface area contributed by atoms with Crippen molar-refractivity contribution in [2.45, 2.75) is 26.3 Å². The second-order valence-corrected chi connectivity index (χ2v) is 5.67. The van der Waals surface area contributed by atoms with E-state index in [0.29, 0.717) is 5.15 Å². The lowest BCUT2D eigenvalue weighted by atomic mass is 10.1. The Kier molecular flexibility index (Phi) is 2.51. The van der Waals surface area contributed by atoms with Crippen LogP contribution in [0.2, 0.25) is 5.15 Å². The van der Waals surface area contributed by atoms with Crippen LogP contribution in [0.3, 0.4) is 0 Å². The first-order valence-electron chi connectivity index (χ1n) is 4.60. The monoisotopic (exact) mass is 287 g/mol. The zero-order valence-corrected chi connectivity index (χ0v) is 11.1. The Bertz CT molecular complexity index is 513. The number of halogens is 2. The maximum absolute atomic E-state index is 6.06. The van der Waals surface area contributed by atoms with Crippen molar-refractivity contribution in [1.82, 2.24) is 14.8 Å². The molecule has 0 unspecified atom stereocenters. The third-order valence-corrected chi connectivity index (χ3v) is 2.79. The van der Waals surface area contributed by atoms with Crippen LogP contribution < -0.4 is 0 Å². The van der Waals surface area contributed by atoms with E-state index in [1.807, 2.05) is 10.7 Å². The van der Waals surface area contributed by atoms with Crippen molar-refractivity contribution in [3.63, 3.8) is 0 Å². The maximum atomic E-state index is 6.06. The molecule has 3 nitrogen and oxygen atoms in total. The van der Waals surface area contributed by atoms with Gasteiger partial charge in [-0.3, -0.25) is 0 Å². The van der Waals surface area contributed by atoms with Gasteiger partial charge in [-0.25, -0.2) is 9.67 Å². The normalized spacial score (nSPS) is 12.3. The molecule has 0 saturated carbocycles. The molecule has 15 heavy (non-hydrogen) atoms. The van der Waals surface area contributed by atoms with E-state index < -0.39 is 0 Å². The van der Waals surface area contributed by atoms with Crippen LogP contribution in [-0.4, -0.2) is 14.8 Å². The number of rotatable bonds is 0. The Labute approximate surface area is 102 Å². The molecule has 0 saturated heterocycles. The lowest BCUT2D eigenvalue weighted by Gasteiger charge is -2.19. The van der Waals surface area contributed by atoms with Crippen LogP contribution in [0.1, 0.15) is 20.8 Å². The first kappa shape index (κ1) is 10.9. The summed E-state index contributed by atoms with van der Waals surface area (Å²) in [4.78, 5) is 4.34. The number of pyridine rings is 1. The molecule has 0 aromatic carbocycles. The van der Waals surface area contributed by atoms with Gasteiger partial charge < -0.3 is 0 Å². The van der Waals surface area contributed by atoms with Crippen molar-refractivity contribution >= 4 is 38.6 Å². The van der Waals surface area contributed by atoms with Crippen molar-refractivity contribution in [1.29, 1.82) is 0 Å². The van der Waals surface area contributed by atoms with Gasteiger partial charge in [0.1, 0.15) is 0 Å². The summed E-state index contributed by atoms with van der Waals surface area (Å²) in [6, 6.07) is 1.93. The van der Waals surface area contributed by atoms with Gasteiger partial charge in [-0.2, -0.15) is 5.10 Å². The minimum absolute atomic E-state index is 0.119. The Morgan fingerprint density at radius 1 is 1.40 bits per heavy atom. The molecule has 80 valence electrons. The molecule has 0 aliphatic heterocycles. The van der Waals surface area contributed by atoms with E-state index >= 15 is 0 Å². The van der Waals surface area contributed by atoms with E-state index in [-0.39, 0.29) is 5.54 Å². The third-order valence-electron chi connectivity index (χ3n) is 2.08. The van der Waals surface area contributed by atoms with Crippen molar-refractivity contribution in [3.05, 3.63) is 21.9 Å². The van der Waals surface area contributed by atoms with Crippen molar-refractivity contribution < 1.29 is 0 Å². The molecule has 0 N–H and O–H groups in total. The van der Waals surface area contributed by atoms with Crippen molar-refractivity contribution in [2.24, 2.45) is 0 Å². The molecule has 0 atom stereocenters. The van der Waals surface area contributed by atoms with Gasteiger partial charge in [0, 0.05) is 10.7 Å². The summed E-state index contributed by atoms with van der Waals surface area (Å²) in [5.74, 6) is 0. The molecule has 0 aliphatic carbocycles. The summed E-state index contributed by atoms with van der Waals surface area (Å²) < 4.78 is 2.75. The third kappa shape index (κ3) is 1.88. The van der Waals surface area contributed by atoms with Crippen LogP contribution in [0.25, 0.3) is 11.0 Å². The van der Waals surface area contributed by atoms with Gasteiger partial charge in [-0.15, -0.1) is 0 Å². The number of fused-ring (bicyclic) bond motifs is 1. The zero-order valence-electron chi connectivity index (χ0n) is 8.75. The molecule has 0 spiro atoms. The molecule has 0 radical (unpaired) electrons. The number of nitrogens with zero attached hydrogens (tertiary/aromatic N) is 3. The molecule has 0 fully saturated rings. The van der Waals surface area contributed by atoms with E-state index in [1.165, 1.54) is 0 Å². The first-order chi connectivity index (χ1) is 6.89. The molecule has 2 aromatic heterocycles. The quantitative estimate of drug-likeness (QED) is 0.741. The highest BCUT2D eigenvalue weighted by atomic mass is 79.9. The maximum Gasteiger partial charge on any atom is 0.160 e. The average molecular weight is 289 g/mol. The molecule has 0 bridgehead atoms. The highest BCUT2D eigenvalue weighted by Crippen LogP contribution is 2.28. The van der Waals surface area contributed by atoms with Gasteiger partial charge in [0.15, 0.2) is 10.8 Å². The van der Waals surface area contributed by atoms with E-state index in [2.05, 4.69) is 46.8 Å². The molecule has 2 heterocycles. The highest BCUT2D eigenvalue weighted by molar-refractivity contribution is 9.10. The van der Waals surface area contributed by atoms with E-state index in [9.17, 15) is 0 Å². The van der Waals surface area contributed by atoms with Crippen molar-refractivity contribution in [2.75, 3.05) is 0 Å². The summed E-state index contributed by atoms with van der Waals surface area (Å²) in [7, 11) is 0. The zero-order chi connectivity index (χ0) is 11.2. The molecular formula is C10H11BrClN3. The van der Waals surface area contributed by atoms with Gasteiger partial charge >= 0.3 is 0 Å².